The van der Waals surface area contributed by atoms with Gasteiger partial charge in [0.05, 0.1) is 0 Å². The summed E-state index contributed by atoms with van der Waals surface area (Å²) in [7, 11) is 0. The Labute approximate surface area is 88.8 Å². The lowest BCUT2D eigenvalue weighted by Crippen LogP contribution is -2.43. The molecule has 0 radical (unpaired) electrons. The molecule has 0 amide bonds. The molecule has 1 rings (SSSR count). The molecule has 0 spiro atoms. The van der Waals surface area contributed by atoms with E-state index >= 15 is 0 Å². The highest BCUT2D eigenvalue weighted by Gasteiger charge is 2.23. The van der Waals surface area contributed by atoms with Crippen molar-refractivity contribution in [1.82, 2.24) is 4.90 Å². The van der Waals surface area contributed by atoms with Gasteiger partial charge in [-0.05, 0) is 25.7 Å². The van der Waals surface area contributed by atoms with Crippen molar-refractivity contribution in [2.45, 2.75) is 58.5 Å². The van der Waals surface area contributed by atoms with E-state index in [4.69, 9.17) is 5.73 Å². The van der Waals surface area contributed by atoms with E-state index in [1.807, 2.05) is 0 Å². The van der Waals surface area contributed by atoms with E-state index in [1.165, 1.54) is 32.2 Å². The second kappa shape index (κ2) is 5.72. The van der Waals surface area contributed by atoms with E-state index in [2.05, 4.69) is 25.7 Å². The summed E-state index contributed by atoms with van der Waals surface area (Å²) in [5.74, 6) is 0.759. The smallest absolute Gasteiger partial charge is 0.0139 e. The van der Waals surface area contributed by atoms with Crippen LogP contribution in [0.2, 0.25) is 0 Å². The molecular formula is C12H26N2. The van der Waals surface area contributed by atoms with Crippen LogP contribution in [0, 0.1) is 5.92 Å². The van der Waals surface area contributed by atoms with Crippen LogP contribution in [0.3, 0.4) is 0 Å². The predicted molar refractivity (Wildman–Crippen MR) is 62.3 cm³/mol. The Morgan fingerprint density at radius 1 is 1.14 bits per heavy atom. The molecule has 2 heteroatoms. The van der Waals surface area contributed by atoms with Crippen molar-refractivity contribution in [2.75, 3.05) is 13.1 Å². The summed E-state index contributed by atoms with van der Waals surface area (Å²) in [6.07, 6.45) is 5.61. The van der Waals surface area contributed by atoms with E-state index in [1.54, 1.807) is 0 Å². The summed E-state index contributed by atoms with van der Waals surface area (Å²) in [4.78, 5) is 2.61. The van der Waals surface area contributed by atoms with Crippen LogP contribution in [-0.4, -0.2) is 30.1 Å². The van der Waals surface area contributed by atoms with Gasteiger partial charge in [-0.15, -0.1) is 0 Å². The van der Waals surface area contributed by atoms with Crippen molar-refractivity contribution in [2.24, 2.45) is 11.7 Å². The first kappa shape index (κ1) is 12.0. The minimum Gasteiger partial charge on any atom is -0.327 e. The third-order valence-electron chi connectivity index (χ3n) is 2.96. The van der Waals surface area contributed by atoms with Crippen LogP contribution in [0.25, 0.3) is 0 Å². The van der Waals surface area contributed by atoms with Gasteiger partial charge in [-0.1, -0.05) is 26.7 Å². The standard InChI is InChI=1S/C12H26N2/c1-10(2)8-14(9-11(3)13)12-6-4-5-7-12/h10-12H,4-9,13H2,1-3H3/t11-/m1/s1. The van der Waals surface area contributed by atoms with Crippen LogP contribution in [0.5, 0.6) is 0 Å². The molecule has 84 valence electrons. The zero-order valence-corrected chi connectivity index (χ0v) is 10.00. The van der Waals surface area contributed by atoms with E-state index in [-0.39, 0.29) is 0 Å². The fourth-order valence-corrected chi connectivity index (χ4v) is 2.48. The quantitative estimate of drug-likeness (QED) is 0.734. The van der Waals surface area contributed by atoms with E-state index in [0.717, 1.165) is 18.5 Å². The average molecular weight is 198 g/mol. The van der Waals surface area contributed by atoms with Gasteiger partial charge in [0, 0.05) is 25.2 Å². The van der Waals surface area contributed by atoms with E-state index in [0.29, 0.717) is 6.04 Å². The average Bonchev–Trinajstić information content (AvgIpc) is 2.52. The van der Waals surface area contributed by atoms with Gasteiger partial charge in [-0.25, -0.2) is 0 Å². The normalized spacial score (nSPS) is 21.0. The molecule has 0 unspecified atom stereocenters. The number of nitrogens with two attached hydrogens (primary N) is 1. The molecule has 1 fully saturated rings. The number of hydrogen-bond donors (Lipinski definition) is 1. The Bertz CT molecular complexity index is 138. The van der Waals surface area contributed by atoms with Crippen LogP contribution in [0.15, 0.2) is 0 Å². The Hall–Kier alpha value is -0.0800. The molecular weight excluding hydrogens is 172 g/mol. The molecule has 2 nitrogen and oxygen atoms in total. The lowest BCUT2D eigenvalue weighted by atomic mass is 10.1. The van der Waals surface area contributed by atoms with Crippen molar-refractivity contribution in [3.05, 3.63) is 0 Å². The molecule has 14 heavy (non-hydrogen) atoms. The molecule has 1 aliphatic carbocycles. The topological polar surface area (TPSA) is 29.3 Å². The summed E-state index contributed by atoms with van der Waals surface area (Å²) in [5.41, 5.74) is 5.89. The first-order valence-corrected chi connectivity index (χ1v) is 6.09. The maximum atomic E-state index is 5.89. The predicted octanol–water partition coefficient (Wildman–Crippen LogP) is 2.23. The van der Waals surface area contributed by atoms with Crippen molar-refractivity contribution >= 4 is 0 Å². The molecule has 0 aromatic heterocycles. The van der Waals surface area contributed by atoms with Gasteiger partial charge in [-0.2, -0.15) is 0 Å². The molecule has 1 saturated carbocycles. The number of rotatable bonds is 5. The van der Waals surface area contributed by atoms with Gasteiger partial charge in [0.25, 0.3) is 0 Å². The van der Waals surface area contributed by atoms with Crippen molar-refractivity contribution in [1.29, 1.82) is 0 Å². The van der Waals surface area contributed by atoms with E-state index < -0.39 is 0 Å². The SMILES string of the molecule is CC(C)CN(C[C@@H](C)N)C1CCCC1. The molecule has 0 aromatic rings. The van der Waals surface area contributed by atoms with Crippen LogP contribution < -0.4 is 5.73 Å². The summed E-state index contributed by atoms with van der Waals surface area (Å²) in [5, 5.41) is 0. The third-order valence-corrected chi connectivity index (χ3v) is 2.96. The number of hydrogen-bond acceptors (Lipinski definition) is 2. The van der Waals surface area contributed by atoms with Crippen LogP contribution in [0.1, 0.15) is 46.5 Å². The van der Waals surface area contributed by atoms with Crippen LogP contribution in [0.4, 0.5) is 0 Å². The summed E-state index contributed by atoms with van der Waals surface area (Å²) >= 11 is 0. The zero-order chi connectivity index (χ0) is 10.6. The van der Waals surface area contributed by atoms with Crippen molar-refractivity contribution < 1.29 is 0 Å². The molecule has 1 aliphatic rings. The highest BCUT2D eigenvalue weighted by Crippen LogP contribution is 2.24. The maximum absolute atomic E-state index is 5.89. The second-order valence-corrected chi connectivity index (χ2v) is 5.26. The van der Waals surface area contributed by atoms with Gasteiger partial charge in [-0.3, -0.25) is 4.90 Å². The monoisotopic (exact) mass is 198 g/mol. The highest BCUT2D eigenvalue weighted by molar-refractivity contribution is 4.79. The van der Waals surface area contributed by atoms with E-state index in [9.17, 15) is 0 Å². The lowest BCUT2D eigenvalue weighted by molar-refractivity contribution is 0.169. The summed E-state index contributed by atoms with van der Waals surface area (Å²) in [6.45, 7) is 8.99. The highest BCUT2D eigenvalue weighted by atomic mass is 15.2. The van der Waals surface area contributed by atoms with Gasteiger partial charge in [0.15, 0.2) is 0 Å². The Kier molecular flexibility index (Phi) is 4.90. The fourth-order valence-electron chi connectivity index (χ4n) is 2.48. The minimum absolute atomic E-state index is 0.314. The Morgan fingerprint density at radius 3 is 2.14 bits per heavy atom. The maximum Gasteiger partial charge on any atom is 0.0139 e. The summed E-state index contributed by atoms with van der Waals surface area (Å²) in [6, 6.07) is 1.14. The first-order valence-electron chi connectivity index (χ1n) is 6.09. The van der Waals surface area contributed by atoms with Gasteiger partial charge >= 0.3 is 0 Å². The van der Waals surface area contributed by atoms with Gasteiger partial charge < -0.3 is 5.73 Å². The van der Waals surface area contributed by atoms with Gasteiger partial charge in [0.2, 0.25) is 0 Å². The Morgan fingerprint density at radius 2 is 1.71 bits per heavy atom. The zero-order valence-electron chi connectivity index (χ0n) is 10.00. The van der Waals surface area contributed by atoms with Gasteiger partial charge in [0.1, 0.15) is 0 Å². The number of nitrogens with zero attached hydrogens (tertiary/aromatic N) is 1. The van der Waals surface area contributed by atoms with Crippen molar-refractivity contribution in [3.63, 3.8) is 0 Å². The molecule has 0 bridgehead atoms. The van der Waals surface area contributed by atoms with Crippen LogP contribution >= 0.6 is 0 Å². The lowest BCUT2D eigenvalue weighted by Gasteiger charge is -2.31. The molecule has 0 saturated heterocycles. The minimum atomic E-state index is 0.314. The largest absolute Gasteiger partial charge is 0.327 e. The first-order chi connectivity index (χ1) is 6.59. The molecule has 0 aromatic carbocycles. The second-order valence-electron chi connectivity index (χ2n) is 5.26. The molecule has 0 aliphatic heterocycles. The fraction of sp³-hybridized carbons (Fsp3) is 1.00. The molecule has 0 heterocycles. The molecule has 1 atom stereocenters. The Balaban J connectivity index is 2.42. The third kappa shape index (κ3) is 3.97. The van der Waals surface area contributed by atoms with Crippen molar-refractivity contribution in [3.8, 4) is 0 Å². The molecule has 2 N–H and O–H groups in total. The summed E-state index contributed by atoms with van der Waals surface area (Å²) < 4.78 is 0. The van der Waals surface area contributed by atoms with Crippen LogP contribution in [-0.2, 0) is 0 Å².